The fraction of sp³-hybridized carbons (Fsp3) is 0.0714. The van der Waals surface area contributed by atoms with E-state index in [1.165, 1.54) is 18.2 Å². The Bertz CT molecular complexity index is 852. The second kappa shape index (κ2) is 6.80. The molecule has 0 atom stereocenters. The van der Waals surface area contributed by atoms with Crippen LogP contribution in [0, 0.1) is 0 Å². The molecule has 10 heteroatoms. The lowest BCUT2D eigenvalue weighted by molar-refractivity contribution is -0.137. The molecule has 24 heavy (non-hydrogen) atoms. The molecule has 2 N–H and O–H groups in total. The van der Waals surface area contributed by atoms with Crippen molar-refractivity contribution in [1.82, 2.24) is 10.3 Å². The highest BCUT2D eigenvalue weighted by Crippen LogP contribution is 2.29. The Hall–Kier alpha value is -2.10. The van der Waals surface area contributed by atoms with Gasteiger partial charge >= 0.3 is 6.18 Å². The summed E-state index contributed by atoms with van der Waals surface area (Å²) in [5.74, 6) is -0.809. The first-order chi connectivity index (χ1) is 11.1. The molecule has 2 aromatic rings. The van der Waals surface area contributed by atoms with E-state index in [1.54, 1.807) is 10.9 Å². The molecule has 0 unspecified atom stereocenters. The molecule has 2 rings (SSSR count). The van der Waals surface area contributed by atoms with Crippen molar-refractivity contribution in [1.29, 1.82) is 0 Å². The standard InChI is InChI=1S/C14H10ClF3N2O3S/c15-12-4-2-1-3-11(12)13(21)19-20-24(22,23)10-7-5-9(6-8-10)14(16,17)18/h1-8,20H,(H,19,21). The number of hydrazine groups is 1. The molecule has 0 spiro atoms. The number of carbonyl (C=O) groups is 1. The van der Waals surface area contributed by atoms with Gasteiger partial charge in [-0.2, -0.15) is 13.2 Å². The van der Waals surface area contributed by atoms with E-state index in [2.05, 4.69) is 0 Å². The second-order valence-electron chi connectivity index (χ2n) is 4.56. The van der Waals surface area contributed by atoms with E-state index in [9.17, 15) is 26.4 Å². The van der Waals surface area contributed by atoms with Crippen LogP contribution >= 0.6 is 11.6 Å². The number of hydrogen-bond donors (Lipinski definition) is 2. The third-order valence-electron chi connectivity index (χ3n) is 2.91. The van der Waals surface area contributed by atoms with Crippen molar-refractivity contribution < 1.29 is 26.4 Å². The zero-order valence-corrected chi connectivity index (χ0v) is 13.3. The van der Waals surface area contributed by atoms with Gasteiger partial charge in [0.1, 0.15) is 0 Å². The van der Waals surface area contributed by atoms with Crippen molar-refractivity contribution in [2.45, 2.75) is 11.1 Å². The topological polar surface area (TPSA) is 75.3 Å². The average molecular weight is 379 g/mol. The summed E-state index contributed by atoms with van der Waals surface area (Å²) in [7, 11) is -4.23. The third kappa shape index (κ3) is 4.25. The maximum Gasteiger partial charge on any atom is 0.416 e. The van der Waals surface area contributed by atoms with Gasteiger partial charge in [0.2, 0.25) is 0 Å². The Morgan fingerprint density at radius 3 is 2.12 bits per heavy atom. The summed E-state index contributed by atoms with van der Waals surface area (Å²) in [6, 6.07) is 8.77. The smallest absolute Gasteiger partial charge is 0.273 e. The fourth-order valence-corrected chi connectivity index (χ4v) is 2.77. The molecule has 0 aliphatic carbocycles. The highest BCUT2D eigenvalue weighted by molar-refractivity contribution is 7.89. The Kier molecular flexibility index (Phi) is 5.16. The zero-order valence-electron chi connectivity index (χ0n) is 11.8. The van der Waals surface area contributed by atoms with Gasteiger partial charge in [-0.15, -0.1) is 4.83 Å². The van der Waals surface area contributed by atoms with Crippen LogP contribution in [0.5, 0.6) is 0 Å². The largest absolute Gasteiger partial charge is 0.416 e. The van der Waals surface area contributed by atoms with E-state index in [-0.39, 0.29) is 10.6 Å². The van der Waals surface area contributed by atoms with E-state index in [1.807, 2.05) is 5.43 Å². The van der Waals surface area contributed by atoms with Gasteiger partial charge in [-0.3, -0.25) is 10.2 Å². The number of rotatable bonds is 4. The van der Waals surface area contributed by atoms with Gasteiger partial charge in [0.05, 0.1) is 21.0 Å². The van der Waals surface area contributed by atoms with Crippen LogP contribution in [0.4, 0.5) is 13.2 Å². The number of hydrogen-bond acceptors (Lipinski definition) is 3. The molecule has 0 aromatic heterocycles. The monoisotopic (exact) mass is 378 g/mol. The van der Waals surface area contributed by atoms with E-state index in [0.29, 0.717) is 12.1 Å². The maximum atomic E-state index is 12.5. The van der Waals surface area contributed by atoms with Gasteiger partial charge in [0, 0.05) is 0 Å². The van der Waals surface area contributed by atoms with Crippen LogP contribution in [-0.2, 0) is 16.2 Å². The number of halogens is 4. The lowest BCUT2D eigenvalue weighted by atomic mass is 10.2. The van der Waals surface area contributed by atoms with Crippen molar-refractivity contribution in [2.75, 3.05) is 0 Å². The first-order valence-electron chi connectivity index (χ1n) is 6.35. The Labute approximate surface area is 140 Å². The zero-order chi connectivity index (χ0) is 18.0. The highest BCUT2D eigenvalue weighted by atomic mass is 35.5. The first-order valence-corrected chi connectivity index (χ1v) is 8.21. The molecule has 5 nitrogen and oxygen atoms in total. The number of amides is 1. The molecule has 0 saturated heterocycles. The summed E-state index contributed by atoms with van der Waals surface area (Å²) >= 11 is 5.80. The van der Waals surface area contributed by atoms with Crippen molar-refractivity contribution in [3.8, 4) is 0 Å². The Balaban J connectivity index is 2.12. The van der Waals surface area contributed by atoms with Gasteiger partial charge < -0.3 is 0 Å². The van der Waals surface area contributed by atoms with E-state index in [4.69, 9.17) is 11.6 Å². The predicted octanol–water partition coefficient (Wildman–Crippen LogP) is 2.98. The maximum absolute atomic E-state index is 12.5. The number of sulfonamides is 1. The predicted molar refractivity (Wildman–Crippen MR) is 80.7 cm³/mol. The minimum Gasteiger partial charge on any atom is -0.273 e. The lowest BCUT2D eigenvalue weighted by Crippen LogP contribution is -2.41. The van der Waals surface area contributed by atoms with Crippen molar-refractivity contribution in [2.24, 2.45) is 0 Å². The van der Waals surface area contributed by atoms with Crippen LogP contribution in [0.2, 0.25) is 5.02 Å². The molecule has 0 aliphatic heterocycles. The van der Waals surface area contributed by atoms with Crippen LogP contribution in [-0.4, -0.2) is 14.3 Å². The van der Waals surface area contributed by atoms with E-state index >= 15 is 0 Å². The quantitative estimate of drug-likeness (QED) is 0.803. The minimum absolute atomic E-state index is 0.0364. The summed E-state index contributed by atoms with van der Waals surface area (Å²) in [5.41, 5.74) is 0.992. The minimum atomic E-state index is -4.58. The number of alkyl halides is 3. The molecule has 0 saturated carbocycles. The van der Waals surface area contributed by atoms with Crippen LogP contribution in [0.3, 0.4) is 0 Å². The molecule has 0 fully saturated rings. The van der Waals surface area contributed by atoms with Crippen molar-refractivity contribution in [3.63, 3.8) is 0 Å². The highest BCUT2D eigenvalue weighted by Gasteiger charge is 2.30. The molecule has 0 heterocycles. The van der Waals surface area contributed by atoms with E-state index in [0.717, 1.165) is 12.1 Å². The molecule has 1 amide bonds. The number of nitrogens with one attached hydrogen (secondary N) is 2. The van der Waals surface area contributed by atoms with Gasteiger partial charge in [-0.25, -0.2) is 8.42 Å². The normalized spacial score (nSPS) is 12.0. The van der Waals surface area contributed by atoms with Gasteiger partial charge in [-0.1, -0.05) is 23.7 Å². The summed E-state index contributed by atoms with van der Waals surface area (Å²) in [5, 5.41) is 0.115. The summed E-state index contributed by atoms with van der Waals surface area (Å²) in [6.07, 6.45) is -4.58. The molecule has 0 aliphatic rings. The molecular formula is C14H10ClF3N2O3S. The molecule has 0 radical (unpaired) electrons. The first kappa shape index (κ1) is 18.2. The molecule has 128 valence electrons. The SMILES string of the molecule is O=C(NNS(=O)(=O)c1ccc(C(F)(F)F)cc1)c1ccccc1Cl. The third-order valence-corrected chi connectivity index (χ3v) is 4.50. The Morgan fingerprint density at radius 1 is 1.00 bits per heavy atom. The summed E-state index contributed by atoms with van der Waals surface area (Å²) in [6.45, 7) is 0. The van der Waals surface area contributed by atoms with Gasteiger partial charge in [-0.05, 0) is 36.4 Å². The summed E-state index contributed by atoms with van der Waals surface area (Å²) in [4.78, 5) is 13.2. The van der Waals surface area contributed by atoms with E-state index < -0.39 is 32.6 Å². The van der Waals surface area contributed by atoms with Crippen LogP contribution < -0.4 is 10.3 Å². The van der Waals surface area contributed by atoms with Crippen LogP contribution in [0.1, 0.15) is 15.9 Å². The van der Waals surface area contributed by atoms with Crippen LogP contribution in [0.25, 0.3) is 0 Å². The van der Waals surface area contributed by atoms with Crippen molar-refractivity contribution >= 4 is 27.5 Å². The average Bonchev–Trinajstić information content (AvgIpc) is 2.52. The lowest BCUT2D eigenvalue weighted by Gasteiger charge is -2.10. The second-order valence-corrected chi connectivity index (χ2v) is 6.65. The molecule has 2 aromatic carbocycles. The van der Waals surface area contributed by atoms with Gasteiger partial charge in [0.15, 0.2) is 0 Å². The summed E-state index contributed by atoms with van der Waals surface area (Å²) < 4.78 is 61.3. The fourth-order valence-electron chi connectivity index (χ4n) is 1.71. The Morgan fingerprint density at radius 2 is 1.58 bits per heavy atom. The van der Waals surface area contributed by atoms with Crippen molar-refractivity contribution in [3.05, 3.63) is 64.7 Å². The van der Waals surface area contributed by atoms with Crippen LogP contribution in [0.15, 0.2) is 53.4 Å². The number of benzene rings is 2. The molecular weight excluding hydrogens is 369 g/mol. The number of carbonyl (C=O) groups excluding carboxylic acids is 1. The molecule has 0 bridgehead atoms. The van der Waals surface area contributed by atoms with Gasteiger partial charge in [0.25, 0.3) is 15.9 Å².